The van der Waals surface area contributed by atoms with Gasteiger partial charge in [0.1, 0.15) is 11.6 Å². The maximum Gasteiger partial charge on any atom is 0.251 e. The average Bonchev–Trinajstić information content (AvgIpc) is 3.24. The SMILES string of the molecule is O=C(NCC1(c2c[nH]c3cc(F)ccc23)CC1)c1cccc(F)c1. The first-order valence-corrected chi connectivity index (χ1v) is 7.88. The number of hydrogen-bond donors (Lipinski definition) is 2. The Bertz CT molecular complexity index is 928. The molecule has 5 heteroatoms. The molecule has 1 fully saturated rings. The Morgan fingerprint density at radius 3 is 2.67 bits per heavy atom. The molecule has 0 unspecified atom stereocenters. The van der Waals surface area contributed by atoms with Gasteiger partial charge in [-0.25, -0.2) is 8.78 Å². The summed E-state index contributed by atoms with van der Waals surface area (Å²) in [5.41, 5.74) is 2.04. The van der Waals surface area contributed by atoms with Crippen LogP contribution in [0.5, 0.6) is 0 Å². The van der Waals surface area contributed by atoms with Gasteiger partial charge >= 0.3 is 0 Å². The topological polar surface area (TPSA) is 44.9 Å². The zero-order chi connectivity index (χ0) is 16.7. The maximum atomic E-state index is 13.3. The molecule has 24 heavy (non-hydrogen) atoms. The highest BCUT2D eigenvalue weighted by molar-refractivity contribution is 5.94. The summed E-state index contributed by atoms with van der Waals surface area (Å²) in [5.74, 6) is -0.991. The minimum absolute atomic E-state index is 0.126. The molecule has 3 aromatic rings. The van der Waals surface area contributed by atoms with Crippen molar-refractivity contribution in [3.05, 3.63) is 71.4 Å². The molecule has 0 atom stereocenters. The van der Waals surface area contributed by atoms with Crippen LogP contribution in [0.15, 0.2) is 48.7 Å². The number of H-pyrrole nitrogens is 1. The lowest BCUT2D eigenvalue weighted by Gasteiger charge is -2.16. The fourth-order valence-electron chi connectivity index (χ4n) is 3.21. The molecule has 0 aliphatic heterocycles. The Hall–Kier alpha value is -2.69. The molecular formula is C19H16F2N2O. The lowest BCUT2D eigenvalue weighted by Crippen LogP contribution is -2.32. The zero-order valence-corrected chi connectivity index (χ0v) is 12.9. The van der Waals surface area contributed by atoms with E-state index < -0.39 is 5.82 Å². The number of carbonyl (C=O) groups excluding carboxylic acids is 1. The normalized spacial score (nSPS) is 15.4. The van der Waals surface area contributed by atoms with Gasteiger partial charge in [-0.05, 0) is 54.8 Å². The highest BCUT2D eigenvalue weighted by Gasteiger charge is 2.45. The van der Waals surface area contributed by atoms with Crippen LogP contribution in [-0.4, -0.2) is 17.4 Å². The second kappa shape index (κ2) is 5.44. The Labute approximate surface area is 137 Å². The average molecular weight is 326 g/mol. The summed E-state index contributed by atoms with van der Waals surface area (Å²) in [5, 5.41) is 3.88. The molecule has 2 N–H and O–H groups in total. The Morgan fingerprint density at radius 2 is 1.92 bits per heavy atom. The number of nitrogens with one attached hydrogen (secondary N) is 2. The van der Waals surface area contributed by atoms with E-state index in [1.807, 2.05) is 6.20 Å². The van der Waals surface area contributed by atoms with E-state index >= 15 is 0 Å². The van der Waals surface area contributed by atoms with Gasteiger partial charge in [-0.2, -0.15) is 0 Å². The molecule has 0 bridgehead atoms. The fraction of sp³-hybridized carbons (Fsp3) is 0.211. The molecule has 0 radical (unpaired) electrons. The summed E-state index contributed by atoms with van der Waals surface area (Å²) in [6, 6.07) is 10.3. The van der Waals surface area contributed by atoms with Crippen molar-refractivity contribution in [3.8, 4) is 0 Å². The first-order valence-electron chi connectivity index (χ1n) is 7.88. The number of aromatic amines is 1. The van der Waals surface area contributed by atoms with E-state index in [2.05, 4.69) is 10.3 Å². The molecule has 1 aliphatic carbocycles. The molecule has 1 amide bonds. The molecule has 1 aliphatic rings. The van der Waals surface area contributed by atoms with Crippen LogP contribution < -0.4 is 5.32 Å². The minimum Gasteiger partial charge on any atom is -0.361 e. The second-order valence-corrected chi connectivity index (χ2v) is 6.37. The van der Waals surface area contributed by atoms with Gasteiger partial charge in [0.05, 0.1) is 0 Å². The van der Waals surface area contributed by atoms with Crippen LogP contribution >= 0.6 is 0 Å². The monoisotopic (exact) mass is 326 g/mol. The van der Waals surface area contributed by atoms with Crippen molar-refractivity contribution in [2.45, 2.75) is 18.3 Å². The van der Waals surface area contributed by atoms with Gasteiger partial charge in [-0.1, -0.05) is 6.07 Å². The second-order valence-electron chi connectivity index (χ2n) is 6.37. The lowest BCUT2D eigenvalue weighted by atomic mass is 9.95. The first-order chi connectivity index (χ1) is 11.6. The summed E-state index contributed by atoms with van der Waals surface area (Å²) >= 11 is 0. The lowest BCUT2D eigenvalue weighted by molar-refractivity contribution is 0.0949. The number of fused-ring (bicyclic) bond motifs is 1. The van der Waals surface area contributed by atoms with E-state index in [0.717, 1.165) is 29.3 Å². The van der Waals surface area contributed by atoms with Crippen molar-refractivity contribution in [2.24, 2.45) is 0 Å². The van der Waals surface area contributed by atoms with Gasteiger partial charge in [0.2, 0.25) is 0 Å². The molecule has 122 valence electrons. The van der Waals surface area contributed by atoms with Crippen LogP contribution in [0.25, 0.3) is 10.9 Å². The van der Waals surface area contributed by atoms with Crippen molar-refractivity contribution in [1.29, 1.82) is 0 Å². The standard InChI is InChI=1S/C19H16F2N2O/c20-13-3-1-2-12(8-13)18(24)23-11-19(6-7-19)16-10-22-17-9-14(21)4-5-15(16)17/h1-5,8-10,22H,6-7,11H2,(H,23,24). The number of hydrogen-bond acceptors (Lipinski definition) is 1. The fourth-order valence-corrected chi connectivity index (χ4v) is 3.21. The summed E-state index contributed by atoms with van der Waals surface area (Å²) < 4.78 is 26.6. The van der Waals surface area contributed by atoms with Crippen molar-refractivity contribution >= 4 is 16.8 Å². The van der Waals surface area contributed by atoms with Crippen LogP contribution in [0.3, 0.4) is 0 Å². The largest absolute Gasteiger partial charge is 0.361 e. The van der Waals surface area contributed by atoms with Crippen LogP contribution in [0.1, 0.15) is 28.8 Å². The molecule has 3 nitrogen and oxygen atoms in total. The Morgan fingerprint density at radius 1 is 1.12 bits per heavy atom. The van der Waals surface area contributed by atoms with Crippen LogP contribution in [0.4, 0.5) is 8.78 Å². The van der Waals surface area contributed by atoms with Crippen molar-refractivity contribution in [1.82, 2.24) is 10.3 Å². The number of rotatable bonds is 4. The third-order valence-electron chi connectivity index (χ3n) is 4.74. The van der Waals surface area contributed by atoms with E-state index in [1.54, 1.807) is 12.1 Å². The number of benzene rings is 2. The van der Waals surface area contributed by atoms with Crippen LogP contribution in [0, 0.1) is 11.6 Å². The van der Waals surface area contributed by atoms with Gasteiger partial charge in [0, 0.05) is 34.6 Å². The van der Waals surface area contributed by atoms with Gasteiger partial charge in [0.25, 0.3) is 5.91 Å². The minimum atomic E-state index is -0.428. The summed E-state index contributed by atoms with van der Waals surface area (Å²) in [4.78, 5) is 15.3. The summed E-state index contributed by atoms with van der Waals surface area (Å²) in [6.07, 6.45) is 3.81. The van der Waals surface area contributed by atoms with Gasteiger partial charge in [-0.15, -0.1) is 0 Å². The summed E-state index contributed by atoms with van der Waals surface area (Å²) in [7, 11) is 0. The Balaban J connectivity index is 1.54. The van der Waals surface area contributed by atoms with Crippen LogP contribution in [0.2, 0.25) is 0 Å². The summed E-state index contributed by atoms with van der Waals surface area (Å²) in [6.45, 7) is 0.479. The van der Waals surface area contributed by atoms with Gasteiger partial charge < -0.3 is 10.3 Å². The van der Waals surface area contributed by atoms with E-state index in [0.29, 0.717) is 12.1 Å². The molecule has 1 heterocycles. The van der Waals surface area contributed by atoms with E-state index in [1.165, 1.54) is 30.3 Å². The third-order valence-corrected chi connectivity index (χ3v) is 4.74. The number of aromatic nitrogens is 1. The highest BCUT2D eigenvalue weighted by atomic mass is 19.1. The zero-order valence-electron chi connectivity index (χ0n) is 12.9. The number of amides is 1. The van der Waals surface area contributed by atoms with Gasteiger partial charge in [0.15, 0.2) is 0 Å². The van der Waals surface area contributed by atoms with Crippen molar-refractivity contribution < 1.29 is 13.6 Å². The molecule has 0 saturated heterocycles. The van der Waals surface area contributed by atoms with Crippen LogP contribution in [-0.2, 0) is 5.41 Å². The predicted molar refractivity (Wildman–Crippen MR) is 87.9 cm³/mol. The number of halogens is 2. The van der Waals surface area contributed by atoms with Crippen molar-refractivity contribution in [3.63, 3.8) is 0 Å². The van der Waals surface area contributed by atoms with E-state index in [-0.39, 0.29) is 17.1 Å². The molecule has 1 aromatic heterocycles. The van der Waals surface area contributed by atoms with E-state index in [9.17, 15) is 13.6 Å². The molecule has 4 rings (SSSR count). The Kier molecular flexibility index (Phi) is 3.37. The quantitative estimate of drug-likeness (QED) is 0.750. The smallest absolute Gasteiger partial charge is 0.251 e. The molecule has 2 aromatic carbocycles. The molecular weight excluding hydrogens is 310 g/mol. The highest BCUT2D eigenvalue weighted by Crippen LogP contribution is 2.50. The van der Waals surface area contributed by atoms with Crippen molar-refractivity contribution in [2.75, 3.05) is 6.54 Å². The van der Waals surface area contributed by atoms with E-state index in [4.69, 9.17) is 0 Å². The maximum absolute atomic E-state index is 13.3. The molecule has 1 saturated carbocycles. The number of carbonyl (C=O) groups is 1. The predicted octanol–water partition coefficient (Wildman–Crippen LogP) is 3.91. The van der Waals surface area contributed by atoms with Gasteiger partial charge in [-0.3, -0.25) is 4.79 Å². The first kappa shape index (κ1) is 14.9. The molecule has 0 spiro atoms. The third kappa shape index (κ3) is 2.56.